The van der Waals surface area contributed by atoms with Gasteiger partial charge in [0.2, 0.25) is 5.91 Å². The van der Waals surface area contributed by atoms with Crippen molar-refractivity contribution in [3.05, 3.63) is 12.7 Å². The van der Waals surface area contributed by atoms with Crippen molar-refractivity contribution < 1.29 is 9.90 Å². The molecule has 1 N–H and O–H groups in total. The molecule has 0 bridgehead atoms. The van der Waals surface area contributed by atoms with E-state index in [1.807, 2.05) is 19.9 Å². The van der Waals surface area contributed by atoms with Crippen LogP contribution in [-0.4, -0.2) is 28.7 Å². The summed E-state index contributed by atoms with van der Waals surface area (Å²) in [6.45, 7) is 8.10. The van der Waals surface area contributed by atoms with E-state index in [0.29, 0.717) is 13.0 Å². The van der Waals surface area contributed by atoms with E-state index in [2.05, 4.69) is 6.58 Å². The molecule has 1 fully saturated rings. The molecule has 1 aliphatic heterocycles. The Balaban J connectivity index is 2.52. The largest absolute Gasteiger partial charge is 0.373 e. The number of carbonyl (C=O) groups is 1. The molecule has 0 aliphatic carbocycles. The second-order valence-corrected chi connectivity index (χ2v) is 4.56. The molecular weight excluding hydrogens is 178 g/mol. The number of nitrogens with zero attached hydrogens (tertiary/aromatic N) is 1. The third-order valence-corrected chi connectivity index (χ3v) is 2.73. The van der Waals surface area contributed by atoms with Crippen LogP contribution >= 0.6 is 0 Å². The number of carbonyl (C=O) groups excluding carboxylic acids is 1. The Morgan fingerprint density at radius 3 is 2.79 bits per heavy atom. The zero-order valence-corrected chi connectivity index (χ0v) is 8.99. The monoisotopic (exact) mass is 197 g/mol. The van der Waals surface area contributed by atoms with Crippen LogP contribution in [0.25, 0.3) is 0 Å². The van der Waals surface area contributed by atoms with Crippen molar-refractivity contribution in [2.75, 3.05) is 6.54 Å². The predicted octanol–water partition coefficient (Wildman–Crippen LogP) is 1.53. The predicted molar refractivity (Wildman–Crippen MR) is 55.5 cm³/mol. The summed E-state index contributed by atoms with van der Waals surface area (Å²) in [7, 11) is 0. The number of allylic oxidation sites excluding steroid dienone is 1. The number of unbranched alkanes of at least 4 members (excludes halogenated alkanes) is 1. The molecular formula is C11H19NO2. The molecule has 1 amide bonds. The first-order chi connectivity index (χ1) is 6.49. The summed E-state index contributed by atoms with van der Waals surface area (Å²) in [5.74, 6) is 0.0616. The minimum atomic E-state index is -0.625. The first-order valence-corrected chi connectivity index (χ1v) is 5.07. The lowest BCUT2D eigenvalue weighted by atomic mass is 9.91. The average Bonchev–Trinajstić information content (AvgIpc) is 2.27. The second-order valence-electron chi connectivity index (χ2n) is 4.56. The Morgan fingerprint density at radius 2 is 2.36 bits per heavy atom. The Hall–Kier alpha value is -0.830. The van der Waals surface area contributed by atoms with Gasteiger partial charge in [0.15, 0.2) is 0 Å². The highest BCUT2D eigenvalue weighted by atomic mass is 16.3. The molecule has 1 unspecified atom stereocenters. The van der Waals surface area contributed by atoms with Crippen molar-refractivity contribution in [3.63, 3.8) is 0 Å². The van der Waals surface area contributed by atoms with Gasteiger partial charge in [0, 0.05) is 18.4 Å². The van der Waals surface area contributed by atoms with Crippen LogP contribution in [0, 0.1) is 5.41 Å². The number of hydrogen-bond donors (Lipinski definition) is 1. The molecule has 0 saturated carbocycles. The van der Waals surface area contributed by atoms with Gasteiger partial charge < -0.3 is 10.0 Å². The molecule has 0 aromatic heterocycles. The summed E-state index contributed by atoms with van der Waals surface area (Å²) in [5, 5.41) is 9.87. The minimum Gasteiger partial charge on any atom is -0.373 e. The molecule has 0 radical (unpaired) electrons. The summed E-state index contributed by atoms with van der Waals surface area (Å²) in [4.78, 5) is 13.1. The standard InChI is InChI=1S/C11H19NO2/c1-4-5-6-7-12-9(13)8-11(2,3)10(12)14/h4,10,14H,1,5-8H2,2-3H3. The van der Waals surface area contributed by atoms with Gasteiger partial charge in [0.1, 0.15) is 6.23 Å². The van der Waals surface area contributed by atoms with Crippen LogP contribution in [0.5, 0.6) is 0 Å². The molecule has 3 heteroatoms. The Kier molecular flexibility index (Phi) is 3.32. The molecule has 14 heavy (non-hydrogen) atoms. The molecule has 80 valence electrons. The van der Waals surface area contributed by atoms with Crippen LogP contribution in [0.2, 0.25) is 0 Å². The fraction of sp³-hybridized carbons (Fsp3) is 0.727. The zero-order chi connectivity index (χ0) is 10.8. The molecule has 0 aromatic carbocycles. The summed E-state index contributed by atoms with van der Waals surface area (Å²) >= 11 is 0. The van der Waals surface area contributed by atoms with E-state index in [1.54, 1.807) is 4.90 Å². The molecule has 0 aromatic rings. The number of amides is 1. The van der Waals surface area contributed by atoms with Gasteiger partial charge in [-0.25, -0.2) is 0 Å². The summed E-state index contributed by atoms with van der Waals surface area (Å²) in [6.07, 6.45) is 3.42. The molecule has 0 spiro atoms. The SMILES string of the molecule is C=CCCCN1C(=O)CC(C)(C)C1O. The zero-order valence-electron chi connectivity index (χ0n) is 8.99. The van der Waals surface area contributed by atoms with E-state index < -0.39 is 6.23 Å². The van der Waals surface area contributed by atoms with Gasteiger partial charge in [-0.3, -0.25) is 4.79 Å². The number of rotatable bonds is 4. The van der Waals surface area contributed by atoms with Crippen molar-refractivity contribution in [1.82, 2.24) is 4.90 Å². The van der Waals surface area contributed by atoms with Crippen LogP contribution in [0.4, 0.5) is 0 Å². The van der Waals surface area contributed by atoms with E-state index in [4.69, 9.17) is 0 Å². The smallest absolute Gasteiger partial charge is 0.225 e. The highest BCUT2D eigenvalue weighted by Gasteiger charge is 2.43. The van der Waals surface area contributed by atoms with E-state index in [0.717, 1.165) is 12.8 Å². The van der Waals surface area contributed by atoms with Gasteiger partial charge >= 0.3 is 0 Å². The van der Waals surface area contributed by atoms with Gasteiger partial charge in [-0.05, 0) is 12.8 Å². The first-order valence-electron chi connectivity index (χ1n) is 5.07. The van der Waals surface area contributed by atoms with Crippen molar-refractivity contribution >= 4 is 5.91 Å². The first kappa shape index (κ1) is 11.2. The van der Waals surface area contributed by atoms with Gasteiger partial charge in [-0.2, -0.15) is 0 Å². The quantitative estimate of drug-likeness (QED) is 0.548. The molecule has 1 saturated heterocycles. The maximum absolute atomic E-state index is 11.5. The van der Waals surface area contributed by atoms with E-state index >= 15 is 0 Å². The van der Waals surface area contributed by atoms with Crippen molar-refractivity contribution in [2.24, 2.45) is 5.41 Å². The highest BCUT2D eigenvalue weighted by molar-refractivity contribution is 5.79. The lowest BCUT2D eigenvalue weighted by Gasteiger charge is -2.27. The summed E-state index contributed by atoms with van der Waals surface area (Å²) < 4.78 is 0. The Bertz CT molecular complexity index is 235. The third kappa shape index (κ3) is 2.15. The van der Waals surface area contributed by atoms with Gasteiger partial charge in [-0.15, -0.1) is 6.58 Å². The lowest BCUT2D eigenvalue weighted by Crippen LogP contribution is -2.38. The maximum Gasteiger partial charge on any atom is 0.225 e. The van der Waals surface area contributed by atoms with E-state index in [1.165, 1.54) is 0 Å². The molecule has 1 atom stereocenters. The van der Waals surface area contributed by atoms with Crippen molar-refractivity contribution in [1.29, 1.82) is 0 Å². The molecule has 1 aliphatic rings. The van der Waals surface area contributed by atoms with Crippen LogP contribution in [-0.2, 0) is 4.79 Å². The third-order valence-electron chi connectivity index (χ3n) is 2.73. The Labute approximate surface area is 85.4 Å². The fourth-order valence-corrected chi connectivity index (χ4v) is 1.79. The van der Waals surface area contributed by atoms with Crippen LogP contribution in [0.3, 0.4) is 0 Å². The van der Waals surface area contributed by atoms with Crippen LogP contribution < -0.4 is 0 Å². The van der Waals surface area contributed by atoms with E-state index in [9.17, 15) is 9.90 Å². The minimum absolute atomic E-state index is 0.0616. The number of aliphatic hydroxyl groups is 1. The summed E-state index contributed by atoms with van der Waals surface area (Å²) in [6, 6.07) is 0. The summed E-state index contributed by atoms with van der Waals surface area (Å²) in [5.41, 5.74) is -0.300. The van der Waals surface area contributed by atoms with Crippen molar-refractivity contribution in [3.8, 4) is 0 Å². The van der Waals surface area contributed by atoms with Crippen LogP contribution in [0.15, 0.2) is 12.7 Å². The number of aliphatic hydroxyl groups excluding tert-OH is 1. The molecule has 1 rings (SSSR count). The Morgan fingerprint density at radius 1 is 1.71 bits per heavy atom. The molecule has 1 heterocycles. The maximum atomic E-state index is 11.5. The lowest BCUT2D eigenvalue weighted by molar-refractivity contribution is -0.134. The van der Waals surface area contributed by atoms with Crippen LogP contribution in [0.1, 0.15) is 33.1 Å². The van der Waals surface area contributed by atoms with E-state index in [-0.39, 0.29) is 11.3 Å². The average molecular weight is 197 g/mol. The van der Waals surface area contributed by atoms with Crippen molar-refractivity contribution in [2.45, 2.75) is 39.3 Å². The van der Waals surface area contributed by atoms with Gasteiger partial charge in [0.05, 0.1) is 0 Å². The van der Waals surface area contributed by atoms with Gasteiger partial charge in [0.25, 0.3) is 0 Å². The molecule has 3 nitrogen and oxygen atoms in total. The normalized spacial score (nSPS) is 25.5. The fourth-order valence-electron chi connectivity index (χ4n) is 1.79. The second kappa shape index (κ2) is 4.13. The van der Waals surface area contributed by atoms with Gasteiger partial charge in [-0.1, -0.05) is 19.9 Å². The highest BCUT2D eigenvalue weighted by Crippen LogP contribution is 2.35. The number of hydrogen-bond acceptors (Lipinski definition) is 2. The topological polar surface area (TPSA) is 40.5 Å². The number of likely N-dealkylation sites (tertiary alicyclic amines) is 1.